The second-order valence-electron chi connectivity index (χ2n) is 7.27. The largest absolute Gasteiger partial charge is 0.493 e. The van der Waals surface area contributed by atoms with Crippen LogP contribution in [0.4, 0.5) is 0 Å². The lowest BCUT2D eigenvalue weighted by Gasteiger charge is -2.37. The highest BCUT2D eigenvalue weighted by atomic mass is 32.1. The summed E-state index contributed by atoms with van der Waals surface area (Å²) < 4.78 is 16.8. The average molecular weight is 424 g/mol. The fourth-order valence-electron chi connectivity index (χ4n) is 3.90. The first kappa shape index (κ1) is 20.3. The van der Waals surface area contributed by atoms with E-state index >= 15 is 0 Å². The van der Waals surface area contributed by atoms with Crippen LogP contribution < -0.4 is 14.2 Å². The third-order valence-electron chi connectivity index (χ3n) is 5.36. The van der Waals surface area contributed by atoms with Gasteiger partial charge < -0.3 is 19.1 Å². The van der Waals surface area contributed by atoms with E-state index in [0.29, 0.717) is 23.8 Å². The summed E-state index contributed by atoms with van der Waals surface area (Å²) in [5, 5.41) is 2.04. The predicted octanol–water partition coefficient (Wildman–Crippen LogP) is 4.63. The van der Waals surface area contributed by atoms with Gasteiger partial charge in [0.25, 0.3) is 5.91 Å². The molecule has 0 unspecified atom stereocenters. The van der Waals surface area contributed by atoms with Crippen LogP contribution in [-0.4, -0.2) is 38.2 Å². The third kappa shape index (κ3) is 4.00. The van der Waals surface area contributed by atoms with Gasteiger partial charge in [0.1, 0.15) is 5.75 Å². The van der Waals surface area contributed by atoms with Gasteiger partial charge in [0.15, 0.2) is 18.1 Å². The lowest BCUT2D eigenvalue weighted by Crippen LogP contribution is -2.42. The second-order valence-corrected chi connectivity index (χ2v) is 8.25. The van der Waals surface area contributed by atoms with Crippen molar-refractivity contribution in [1.29, 1.82) is 0 Å². The standard InChI is InChI=1S/C24H25NO4S/c1-16-6-4-7-18(12-16)29-15-23(26)25-10-9-17-13-20(27-2)21(28-3)14-19(17)24(25)22-8-5-11-30-22/h4-8,11-14,24H,9-10,15H2,1-3H3/t24-/m1/s1. The Morgan fingerprint density at radius 3 is 2.60 bits per heavy atom. The number of nitrogens with zero attached hydrogens (tertiary/aromatic N) is 1. The van der Waals surface area contributed by atoms with Gasteiger partial charge in [-0.15, -0.1) is 11.3 Å². The lowest BCUT2D eigenvalue weighted by atomic mass is 9.90. The van der Waals surface area contributed by atoms with Gasteiger partial charge in [-0.1, -0.05) is 18.2 Å². The molecule has 5 nitrogen and oxygen atoms in total. The zero-order valence-corrected chi connectivity index (χ0v) is 18.2. The molecule has 1 aromatic heterocycles. The summed E-state index contributed by atoms with van der Waals surface area (Å²) in [6, 6.07) is 15.7. The van der Waals surface area contributed by atoms with E-state index in [1.165, 1.54) is 5.56 Å². The first-order chi connectivity index (χ1) is 14.6. The SMILES string of the molecule is COc1cc2c(cc1OC)[C@H](c1cccs1)N(C(=O)COc1cccc(C)c1)CC2. The summed E-state index contributed by atoms with van der Waals surface area (Å²) in [6.07, 6.45) is 0.758. The van der Waals surface area contributed by atoms with Crippen LogP contribution >= 0.6 is 11.3 Å². The van der Waals surface area contributed by atoms with Gasteiger partial charge in [-0.2, -0.15) is 0 Å². The van der Waals surface area contributed by atoms with Gasteiger partial charge >= 0.3 is 0 Å². The molecule has 2 aromatic carbocycles. The minimum absolute atomic E-state index is 0.00789. The lowest BCUT2D eigenvalue weighted by molar-refractivity contribution is -0.135. The van der Waals surface area contributed by atoms with Crippen molar-refractivity contribution < 1.29 is 19.0 Å². The van der Waals surface area contributed by atoms with Crippen molar-refractivity contribution in [3.05, 3.63) is 75.5 Å². The summed E-state index contributed by atoms with van der Waals surface area (Å²) in [6.45, 7) is 2.64. The van der Waals surface area contributed by atoms with E-state index in [2.05, 4.69) is 6.07 Å². The first-order valence-corrected chi connectivity index (χ1v) is 10.8. The fourth-order valence-corrected chi connectivity index (χ4v) is 4.76. The zero-order valence-electron chi connectivity index (χ0n) is 17.4. The van der Waals surface area contributed by atoms with Crippen molar-refractivity contribution in [3.63, 3.8) is 0 Å². The second kappa shape index (κ2) is 8.79. The molecule has 1 aliphatic rings. The molecule has 1 amide bonds. The van der Waals surface area contributed by atoms with Crippen LogP contribution in [0.25, 0.3) is 0 Å². The van der Waals surface area contributed by atoms with E-state index in [-0.39, 0.29) is 18.6 Å². The van der Waals surface area contributed by atoms with E-state index < -0.39 is 0 Å². The number of ether oxygens (including phenoxy) is 3. The van der Waals surface area contributed by atoms with Crippen LogP contribution in [0.15, 0.2) is 53.9 Å². The maximum atomic E-state index is 13.2. The molecule has 156 valence electrons. The molecule has 6 heteroatoms. The zero-order chi connectivity index (χ0) is 21.1. The molecule has 0 spiro atoms. The number of rotatable bonds is 6. The number of amides is 1. The molecule has 0 aliphatic carbocycles. The summed E-state index contributed by atoms with van der Waals surface area (Å²) in [5.41, 5.74) is 3.35. The molecule has 0 fully saturated rings. The Labute approximate surface area is 180 Å². The molecule has 0 N–H and O–H groups in total. The van der Waals surface area contributed by atoms with Gasteiger partial charge in [-0.3, -0.25) is 4.79 Å². The summed E-state index contributed by atoms with van der Waals surface area (Å²) >= 11 is 1.65. The number of carbonyl (C=O) groups is 1. The van der Waals surface area contributed by atoms with Crippen LogP contribution in [0.1, 0.15) is 27.6 Å². The van der Waals surface area contributed by atoms with Crippen molar-refractivity contribution >= 4 is 17.2 Å². The Kier molecular flexibility index (Phi) is 5.95. The minimum atomic E-state index is -0.165. The van der Waals surface area contributed by atoms with Crippen molar-refractivity contribution in [3.8, 4) is 17.2 Å². The number of hydrogen-bond donors (Lipinski definition) is 0. The van der Waals surface area contributed by atoms with E-state index in [0.717, 1.165) is 22.4 Å². The van der Waals surface area contributed by atoms with Crippen LogP contribution in [0.2, 0.25) is 0 Å². The highest BCUT2D eigenvalue weighted by molar-refractivity contribution is 7.10. The van der Waals surface area contributed by atoms with E-state index in [1.807, 2.05) is 59.7 Å². The van der Waals surface area contributed by atoms with Crippen molar-refractivity contribution in [2.24, 2.45) is 0 Å². The maximum Gasteiger partial charge on any atom is 0.261 e. The Morgan fingerprint density at radius 1 is 1.10 bits per heavy atom. The van der Waals surface area contributed by atoms with E-state index in [4.69, 9.17) is 14.2 Å². The van der Waals surface area contributed by atoms with Crippen LogP contribution in [-0.2, 0) is 11.2 Å². The fraction of sp³-hybridized carbons (Fsp3) is 0.292. The van der Waals surface area contributed by atoms with Crippen LogP contribution in [0.3, 0.4) is 0 Å². The summed E-state index contributed by atoms with van der Waals surface area (Å²) in [4.78, 5) is 16.2. The average Bonchev–Trinajstić information content (AvgIpc) is 3.30. The van der Waals surface area contributed by atoms with Crippen LogP contribution in [0.5, 0.6) is 17.2 Å². The number of thiophene rings is 1. The Hall–Kier alpha value is -2.99. The molecule has 3 aromatic rings. The molecule has 0 radical (unpaired) electrons. The molecular formula is C24H25NO4S. The molecule has 1 atom stereocenters. The molecule has 2 heterocycles. The number of carbonyl (C=O) groups excluding carboxylic acids is 1. The highest BCUT2D eigenvalue weighted by Gasteiger charge is 2.34. The quantitative estimate of drug-likeness (QED) is 0.580. The van der Waals surface area contributed by atoms with Crippen LogP contribution in [0, 0.1) is 6.92 Å². The van der Waals surface area contributed by atoms with Crippen molar-refractivity contribution in [2.75, 3.05) is 27.4 Å². The van der Waals surface area contributed by atoms with Gasteiger partial charge in [0.05, 0.1) is 20.3 Å². The number of aryl methyl sites for hydroxylation is 1. The first-order valence-electron chi connectivity index (χ1n) is 9.88. The van der Waals surface area contributed by atoms with Gasteiger partial charge in [-0.25, -0.2) is 0 Å². The van der Waals surface area contributed by atoms with Gasteiger partial charge in [0.2, 0.25) is 0 Å². The topological polar surface area (TPSA) is 48.0 Å². The van der Waals surface area contributed by atoms with Gasteiger partial charge in [-0.05, 0) is 65.7 Å². The number of fused-ring (bicyclic) bond motifs is 1. The Morgan fingerprint density at radius 2 is 1.90 bits per heavy atom. The molecule has 0 saturated carbocycles. The molecule has 0 saturated heterocycles. The Balaban J connectivity index is 1.64. The number of hydrogen-bond acceptors (Lipinski definition) is 5. The monoisotopic (exact) mass is 423 g/mol. The van der Waals surface area contributed by atoms with E-state index in [1.54, 1.807) is 25.6 Å². The smallest absolute Gasteiger partial charge is 0.261 e. The minimum Gasteiger partial charge on any atom is -0.493 e. The van der Waals surface area contributed by atoms with Crippen molar-refractivity contribution in [2.45, 2.75) is 19.4 Å². The predicted molar refractivity (Wildman–Crippen MR) is 118 cm³/mol. The number of methoxy groups -OCH3 is 2. The summed E-state index contributed by atoms with van der Waals surface area (Å²) in [5.74, 6) is 2.06. The maximum absolute atomic E-state index is 13.2. The summed E-state index contributed by atoms with van der Waals surface area (Å²) in [7, 11) is 3.27. The molecule has 0 bridgehead atoms. The molecule has 30 heavy (non-hydrogen) atoms. The molecular weight excluding hydrogens is 398 g/mol. The van der Waals surface area contributed by atoms with Crippen molar-refractivity contribution in [1.82, 2.24) is 4.90 Å². The molecule has 1 aliphatic heterocycles. The van der Waals surface area contributed by atoms with Gasteiger partial charge in [0, 0.05) is 11.4 Å². The molecule has 4 rings (SSSR count). The number of benzene rings is 2. The normalized spacial score (nSPS) is 15.4. The van der Waals surface area contributed by atoms with E-state index in [9.17, 15) is 4.79 Å². The Bertz CT molecular complexity index is 1030. The third-order valence-corrected chi connectivity index (χ3v) is 6.28. The highest BCUT2D eigenvalue weighted by Crippen LogP contribution is 2.42.